The minimum Gasteiger partial charge on any atom is -0.423 e. The van der Waals surface area contributed by atoms with Crippen molar-refractivity contribution in [2.24, 2.45) is 0 Å². The van der Waals surface area contributed by atoms with E-state index in [1.54, 1.807) is 12.1 Å². The summed E-state index contributed by atoms with van der Waals surface area (Å²) in [6.45, 7) is 0. The average Bonchev–Trinajstić information content (AvgIpc) is 2.44. The Morgan fingerprint density at radius 1 is 0.789 bits per heavy atom. The first kappa shape index (κ1) is 11.9. The van der Waals surface area contributed by atoms with Crippen LogP contribution < -0.4 is 5.46 Å². The minimum atomic E-state index is -1.57. The Morgan fingerprint density at radius 2 is 1.21 bits per heavy atom. The van der Waals surface area contributed by atoms with E-state index < -0.39 is 7.12 Å². The van der Waals surface area contributed by atoms with Gasteiger partial charge >= 0.3 is 7.12 Å². The van der Waals surface area contributed by atoms with Crippen LogP contribution in [0, 0.1) is 0 Å². The molecule has 3 nitrogen and oxygen atoms in total. The van der Waals surface area contributed by atoms with Gasteiger partial charge in [0.15, 0.2) is 6.29 Å². The van der Waals surface area contributed by atoms with Crippen LogP contribution in [-0.4, -0.2) is 23.5 Å². The normalized spacial score (nSPS) is 10.8. The van der Waals surface area contributed by atoms with Crippen LogP contribution in [0.2, 0.25) is 0 Å². The van der Waals surface area contributed by atoms with Gasteiger partial charge in [-0.25, -0.2) is 0 Å². The molecular weight excluding hydrogens is 239 g/mol. The lowest BCUT2D eigenvalue weighted by Gasteiger charge is -2.13. The molecule has 92 valence electrons. The van der Waals surface area contributed by atoms with Crippen molar-refractivity contribution in [2.45, 2.75) is 0 Å². The van der Waals surface area contributed by atoms with Crippen LogP contribution in [0.15, 0.2) is 48.5 Å². The first-order valence-corrected chi connectivity index (χ1v) is 5.98. The molecule has 0 saturated heterocycles. The van der Waals surface area contributed by atoms with E-state index in [4.69, 9.17) is 0 Å². The zero-order valence-corrected chi connectivity index (χ0v) is 10.1. The number of hydrogen-bond acceptors (Lipinski definition) is 3. The maximum Gasteiger partial charge on any atom is 0.489 e. The summed E-state index contributed by atoms with van der Waals surface area (Å²) in [5, 5.41) is 22.2. The van der Waals surface area contributed by atoms with Crippen LogP contribution in [-0.2, 0) is 0 Å². The van der Waals surface area contributed by atoms with Crippen LogP contribution in [0.4, 0.5) is 0 Å². The van der Waals surface area contributed by atoms with E-state index >= 15 is 0 Å². The van der Waals surface area contributed by atoms with Crippen molar-refractivity contribution >= 4 is 40.4 Å². The molecule has 0 aliphatic rings. The maximum atomic E-state index is 11.4. The summed E-state index contributed by atoms with van der Waals surface area (Å²) in [5.74, 6) is 0. The van der Waals surface area contributed by atoms with Crippen LogP contribution in [0.25, 0.3) is 21.5 Å². The standard InChI is InChI=1S/C15H11BO3/c17-9-14-10-5-1-3-7-12(10)15(16(18)19)13-8-4-2-6-11(13)14/h1-9,18-19H. The number of carbonyl (C=O) groups is 1. The lowest BCUT2D eigenvalue weighted by atomic mass is 9.73. The van der Waals surface area contributed by atoms with E-state index in [9.17, 15) is 14.8 Å². The molecule has 0 saturated carbocycles. The molecule has 0 aliphatic heterocycles. The molecule has 0 aromatic heterocycles. The quantitative estimate of drug-likeness (QED) is 0.411. The molecule has 0 unspecified atom stereocenters. The Bertz CT molecular complexity index is 724. The van der Waals surface area contributed by atoms with Crippen molar-refractivity contribution < 1.29 is 14.8 Å². The van der Waals surface area contributed by atoms with E-state index in [1.165, 1.54) is 0 Å². The predicted octanol–water partition coefficient (Wildman–Crippen LogP) is 1.49. The first-order chi connectivity index (χ1) is 9.24. The van der Waals surface area contributed by atoms with E-state index in [0.717, 1.165) is 17.1 Å². The Hall–Kier alpha value is -2.17. The Labute approximate surface area is 110 Å². The number of hydrogen-bond donors (Lipinski definition) is 2. The second kappa shape index (κ2) is 4.50. The molecule has 4 heteroatoms. The van der Waals surface area contributed by atoms with E-state index in [1.807, 2.05) is 36.4 Å². The number of rotatable bonds is 2. The van der Waals surface area contributed by atoms with Crippen LogP contribution in [0.5, 0.6) is 0 Å². The van der Waals surface area contributed by atoms with Crippen molar-refractivity contribution in [3.8, 4) is 0 Å². The molecule has 0 aliphatic carbocycles. The van der Waals surface area contributed by atoms with Gasteiger partial charge in [-0.3, -0.25) is 4.79 Å². The monoisotopic (exact) mass is 250 g/mol. The van der Waals surface area contributed by atoms with Crippen molar-refractivity contribution in [3.63, 3.8) is 0 Å². The van der Waals surface area contributed by atoms with Crippen molar-refractivity contribution in [1.82, 2.24) is 0 Å². The molecule has 2 N–H and O–H groups in total. The van der Waals surface area contributed by atoms with Gasteiger partial charge in [0.1, 0.15) is 0 Å². The van der Waals surface area contributed by atoms with E-state index in [0.29, 0.717) is 21.8 Å². The highest BCUT2D eigenvalue weighted by molar-refractivity contribution is 6.65. The molecule has 0 heterocycles. The highest BCUT2D eigenvalue weighted by atomic mass is 16.4. The van der Waals surface area contributed by atoms with Gasteiger partial charge < -0.3 is 10.0 Å². The van der Waals surface area contributed by atoms with Gasteiger partial charge in [-0.05, 0) is 27.0 Å². The van der Waals surface area contributed by atoms with Crippen molar-refractivity contribution in [2.75, 3.05) is 0 Å². The largest absolute Gasteiger partial charge is 0.489 e. The highest BCUT2D eigenvalue weighted by Gasteiger charge is 2.20. The van der Waals surface area contributed by atoms with Crippen LogP contribution in [0.3, 0.4) is 0 Å². The summed E-state index contributed by atoms with van der Waals surface area (Å²) in [5.41, 5.74) is 1.02. The summed E-state index contributed by atoms with van der Waals surface area (Å²) in [7, 11) is -1.57. The fourth-order valence-corrected chi connectivity index (χ4v) is 2.60. The topological polar surface area (TPSA) is 57.5 Å². The summed E-state index contributed by atoms with van der Waals surface area (Å²) in [6, 6.07) is 14.5. The van der Waals surface area contributed by atoms with Crippen LogP contribution in [0.1, 0.15) is 10.4 Å². The number of aldehydes is 1. The summed E-state index contributed by atoms with van der Waals surface area (Å²) < 4.78 is 0. The average molecular weight is 250 g/mol. The van der Waals surface area contributed by atoms with Crippen molar-refractivity contribution in [3.05, 3.63) is 54.1 Å². The summed E-state index contributed by atoms with van der Waals surface area (Å²) in [4.78, 5) is 11.4. The number of fused-ring (bicyclic) bond motifs is 2. The first-order valence-electron chi connectivity index (χ1n) is 5.98. The van der Waals surface area contributed by atoms with Gasteiger partial charge in [0.05, 0.1) is 0 Å². The molecule has 0 fully saturated rings. The lowest BCUT2D eigenvalue weighted by molar-refractivity contribution is 0.112. The fourth-order valence-electron chi connectivity index (χ4n) is 2.60. The third-order valence-corrected chi connectivity index (χ3v) is 3.39. The van der Waals surface area contributed by atoms with E-state index in [-0.39, 0.29) is 0 Å². The molecule has 0 amide bonds. The number of carbonyl (C=O) groups excluding carboxylic acids is 1. The Kier molecular flexibility index (Phi) is 2.82. The molecule has 3 aromatic carbocycles. The zero-order valence-electron chi connectivity index (χ0n) is 10.1. The Balaban J connectivity index is 2.65. The van der Waals surface area contributed by atoms with Gasteiger partial charge in [0.2, 0.25) is 0 Å². The zero-order chi connectivity index (χ0) is 13.4. The Morgan fingerprint density at radius 3 is 1.58 bits per heavy atom. The SMILES string of the molecule is O=Cc1c2ccccc2c(B(O)O)c2ccccc12. The summed E-state index contributed by atoms with van der Waals surface area (Å²) >= 11 is 0. The van der Waals surface area contributed by atoms with E-state index in [2.05, 4.69) is 0 Å². The fraction of sp³-hybridized carbons (Fsp3) is 0. The third kappa shape index (κ3) is 1.73. The van der Waals surface area contributed by atoms with Gasteiger partial charge in [0.25, 0.3) is 0 Å². The molecule has 0 radical (unpaired) electrons. The second-order valence-electron chi connectivity index (χ2n) is 4.41. The molecule has 3 rings (SSSR count). The second-order valence-corrected chi connectivity index (χ2v) is 4.41. The van der Waals surface area contributed by atoms with Gasteiger partial charge in [0, 0.05) is 5.56 Å². The van der Waals surface area contributed by atoms with Gasteiger partial charge in [-0.15, -0.1) is 0 Å². The molecule has 0 spiro atoms. The molecule has 3 aromatic rings. The number of benzene rings is 3. The molecular formula is C15H11BO3. The smallest absolute Gasteiger partial charge is 0.423 e. The minimum absolute atomic E-state index is 0.441. The summed E-state index contributed by atoms with van der Waals surface area (Å²) in [6.07, 6.45) is 0.818. The van der Waals surface area contributed by atoms with Gasteiger partial charge in [-0.1, -0.05) is 48.5 Å². The molecule has 0 atom stereocenters. The third-order valence-electron chi connectivity index (χ3n) is 3.39. The predicted molar refractivity (Wildman–Crippen MR) is 76.7 cm³/mol. The van der Waals surface area contributed by atoms with Crippen LogP contribution >= 0.6 is 0 Å². The highest BCUT2D eigenvalue weighted by Crippen LogP contribution is 2.25. The molecule has 0 bridgehead atoms. The van der Waals surface area contributed by atoms with Crippen molar-refractivity contribution in [1.29, 1.82) is 0 Å². The lowest BCUT2D eigenvalue weighted by Crippen LogP contribution is -2.31. The molecule has 19 heavy (non-hydrogen) atoms. The maximum absolute atomic E-state index is 11.4. The van der Waals surface area contributed by atoms with Gasteiger partial charge in [-0.2, -0.15) is 0 Å².